The van der Waals surface area contributed by atoms with Gasteiger partial charge in [-0.1, -0.05) is 0 Å². The van der Waals surface area contributed by atoms with E-state index in [1.54, 1.807) is 6.92 Å². The van der Waals surface area contributed by atoms with Crippen molar-refractivity contribution in [3.05, 3.63) is 0 Å². The Labute approximate surface area is 60.1 Å². The summed E-state index contributed by atoms with van der Waals surface area (Å²) >= 11 is 0. The Morgan fingerprint density at radius 3 is 2.70 bits per heavy atom. The molecule has 3 nitrogen and oxygen atoms in total. The third-order valence-electron chi connectivity index (χ3n) is 1.11. The summed E-state index contributed by atoms with van der Waals surface area (Å²) in [5.74, 6) is 0.190. The highest BCUT2D eigenvalue weighted by Gasteiger charge is 1.91. The van der Waals surface area contributed by atoms with Crippen molar-refractivity contribution in [2.45, 2.75) is 26.2 Å². The quantitative estimate of drug-likeness (QED) is 0.327. The molecule has 0 aromatic carbocycles. The predicted octanol–water partition coefficient (Wildman–Crippen LogP) is 1.08. The number of hydrogen-bond donors (Lipinski definition) is 0. The molecule has 0 N–H and O–H groups in total. The molecule has 0 bridgehead atoms. The summed E-state index contributed by atoms with van der Waals surface area (Å²) < 4.78 is 0. The van der Waals surface area contributed by atoms with Crippen molar-refractivity contribution in [2.24, 2.45) is 4.99 Å². The third kappa shape index (κ3) is 7.05. The molecular formula is C7H11NO2. The predicted molar refractivity (Wildman–Crippen MR) is 37.5 cm³/mol. The first kappa shape index (κ1) is 9.05. The van der Waals surface area contributed by atoms with Gasteiger partial charge in [-0.25, -0.2) is 9.79 Å². The van der Waals surface area contributed by atoms with Gasteiger partial charge in [0.1, 0.15) is 5.78 Å². The molecule has 0 amide bonds. The van der Waals surface area contributed by atoms with Crippen molar-refractivity contribution in [1.82, 2.24) is 0 Å². The van der Waals surface area contributed by atoms with E-state index in [0.29, 0.717) is 13.0 Å². The Bertz CT molecular complexity index is 144. The van der Waals surface area contributed by atoms with Crippen LogP contribution < -0.4 is 0 Å². The van der Waals surface area contributed by atoms with Gasteiger partial charge in [-0.3, -0.25) is 0 Å². The van der Waals surface area contributed by atoms with E-state index in [0.717, 1.165) is 12.8 Å². The van der Waals surface area contributed by atoms with Crippen molar-refractivity contribution in [3.8, 4) is 0 Å². The van der Waals surface area contributed by atoms with Crippen LogP contribution in [0.5, 0.6) is 0 Å². The first-order valence-corrected chi connectivity index (χ1v) is 3.30. The molecule has 10 heavy (non-hydrogen) atoms. The highest BCUT2D eigenvalue weighted by atomic mass is 16.1. The van der Waals surface area contributed by atoms with Gasteiger partial charge >= 0.3 is 0 Å². The minimum atomic E-state index is 0.190. The smallest absolute Gasteiger partial charge is 0.234 e. The average Bonchev–Trinajstić information content (AvgIpc) is 1.87. The van der Waals surface area contributed by atoms with Crippen molar-refractivity contribution in [1.29, 1.82) is 0 Å². The molecule has 56 valence electrons. The highest BCUT2D eigenvalue weighted by Crippen LogP contribution is 1.95. The first-order valence-electron chi connectivity index (χ1n) is 3.30. The molecule has 3 heteroatoms. The number of carbonyl (C=O) groups is 1. The van der Waals surface area contributed by atoms with Crippen LogP contribution in [0.25, 0.3) is 0 Å². The SMILES string of the molecule is CC(=O)CCCCN=C=O. The van der Waals surface area contributed by atoms with Crippen LogP contribution in [0.4, 0.5) is 0 Å². The molecule has 0 heterocycles. The van der Waals surface area contributed by atoms with E-state index in [1.807, 2.05) is 0 Å². The number of carbonyl (C=O) groups excluding carboxylic acids is 2. The fraction of sp³-hybridized carbons (Fsp3) is 0.714. The van der Waals surface area contributed by atoms with Crippen LogP contribution >= 0.6 is 0 Å². The number of rotatable bonds is 5. The summed E-state index contributed by atoms with van der Waals surface area (Å²) in [6, 6.07) is 0. The molecule has 0 aromatic rings. The Morgan fingerprint density at radius 2 is 2.20 bits per heavy atom. The Morgan fingerprint density at radius 1 is 1.50 bits per heavy atom. The lowest BCUT2D eigenvalue weighted by Gasteiger charge is -1.90. The highest BCUT2D eigenvalue weighted by molar-refractivity contribution is 5.75. The lowest BCUT2D eigenvalue weighted by Crippen LogP contribution is -1.90. The number of ketones is 1. The zero-order valence-electron chi connectivity index (χ0n) is 6.09. The molecule has 0 aliphatic heterocycles. The maximum absolute atomic E-state index is 10.4. The van der Waals surface area contributed by atoms with Crippen LogP contribution in [0.3, 0.4) is 0 Å². The van der Waals surface area contributed by atoms with E-state index in [1.165, 1.54) is 6.08 Å². The van der Waals surface area contributed by atoms with Crippen molar-refractivity contribution >= 4 is 11.9 Å². The van der Waals surface area contributed by atoms with E-state index in [4.69, 9.17) is 0 Å². The zero-order chi connectivity index (χ0) is 7.82. The van der Waals surface area contributed by atoms with Crippen molar-refractivity contribution in [3.63, 3.8) is 0 Å². The van der Waals surface area contributed by atoms with Gasteiger partial charge in [0.25, 0.3) is 0 Å². The van der Waals surface area contributed by atoms with Gasteiger partial charge in [0.05, 0.1) is 6.54 Å². The fourth-order valence-electron chi connectivity index (χ4n) is 0.610. The molecule has 0 unspecified atom stereocenters. The summed E-state index contributed by atoms with van der Waals surface area (Å²) in [5.41, 5.74) is 0. The second kappa shape index (κ2) is 6.17. The lowest BCUT2D eigenvalue weighted by atomic mass is 10.2. The third-order valence-corrected chi connectivity index (χ3v) is 1.11. The molecule has 0 saturated heterocycles. The van der Waals surface area contributed by atoms with Crippen LogP contribution in [-0.2, 0) is 9.59 Å². The van der Waals surface area contributed by atoms with Gasteiger partial charge in [0.2, 0.25) is 6.08 Å². The van der Waals surface area contributed by atoms with Crippen LogP contribution in [-0.4, -0.2) is 18.4 Å². The number of Topliss-reactive ketones (excluding diaryl/α,β-unsaturated/α-hetero) is 1. The van der Waals surface area contributed by atoms with Gasteiger partial charge in [-0.15, -0.1) is 0 Å². The van der Waals surface area contributed by atoms with Crippen molar-refractivity contribution in [2.75, 3.05) is 6.54 Å². The van der Waals surface area contributed by atoms with E-state index in [-0.39, 0.29) is 5.78 Å². The van der Waals surface area contributed by atoms with Crippen molar-refractivity contribution < 1.29 is 9.59 Å². The van der Waals surface area contributed by atoms with Crippen LogP contribution in [0.2, 0.25) is 0 Å². The standard InChI is InChI=1S/C7H11NO2/c1-7(10)4-2-3-5-8-6-9/h2-5H2,1H3. The molecule has 0 spiro atoms. The molecular weight excluding hydrogens is 130 g/mol. The fourth-order valence-corrected chi connectivity index (χ4v) is 0.610. The van der Waals surface area contributed by atoms with Gasteiger partial charge in [-0.05, 0) is 19.8 Å². The van der Waals surface area contributed by atoms with E-state index in [9.17, 15) is 9.59 Å². The van der Waals surface area contributed by atoms with Gasteiger partial charge < -0.3 is 4.79 Å². The van der Waals surface area contributed by atoms with Gasteiger partial charge in [0, 0.05) is 6.42 Å². The Hall–Kier alpha value is -0.950. The Balaban J connectivity index is 3.05. The topological polar surface area (TPSA) is 46.5 Å². The Kier molecular flexibility index (Phi) is 5.59. The molecule has 0 aromatic heterocycles. The number of isocyanates is 1. The second-order valence-electron chi connectivity index (χ2n) is 2.13. The summed E-state index contributed by atoms with van der Waals surface area (Å²) in [4.78, 5) is 23.3. The summed E-state index contributed by atoms with van der Waals surface area (Å²) in [6.07, 6.45) is 3.66. The molecule has 0 saturated carbocycles. The number of nitrogens with zero attached hydrogens (tertiary/aromatic N) is 1. The number of aliphatic imine (C=N–C) groups is 1. The summed E-state index contributed by atoms with van der Waals surface area (Å²) in [7, 11) is 0. The second-order valence-corrected chi connectivity index (χ2v) is 2.13. The molecule has 0 aliphatic carbocycles. The average molecular weight is 141 g/mol. The molecule has 0 atom stereocenters. The molecule has 0 radical (unpaired) electrons. The maximum atomic E-state index is 10.4. The number of unbranched alkanes of at least 4 members (excludes halogenated alkanes) is 1. The molecule has 0 rings (SSSR count). The lowest BCUT2D eigenvalue weighted by molar-refractivity contribution is -0.117. The van der Waals surface area contributed by atoms with Crippen LogP contribution in [0.1, 0.15) is 26.2 Å². The van der Waals surface area contributed by atoms with Gasteiger partial charge in [0.15, 0.2) is 0 Å². The van der Waals surface area contributed by atoms with E-state index >= 15 is 0 Å². The largest absolute Gasteiger partial charge is 0.300 e. The maximum Gasteiger partial charge on any atom is 0.234 e. The minimum absolute atomic E-state index is 0.190. The van der Waals surface area contributed by atoms with E-state index in [2.05, 4.69) is 4.99 Å². The van der Waals surface area contributed by atoms with E-state index < -0.39 is 0 Å². The first-order chi connectivity index (χ1) is 4.77. The van der Waals surface area contributed by atoms with Crippen LogP contribution in [0.15, 0.2) is 4.99 Å². The normalized spacial score (nSPS) is 8.50. The van der Waals surface area contributed by atoms with Gasteiger partial charge in [-0.2, -0.15) is 0 Å². The number of hydrogen-bond acceptors (Lipinski definition) is 3. The minimum Gasteiger partial charge on any atom is -0.300 e. The summed E-state index contributed by atoms with van der Waals surface area (Å²) in [5, 5.41) is 0. The monoisotopic (exact) mass is 141 g/mol. The van der Waals surface area contributed by atoms with Crippen LogP contribution in [0, 0.1) is 0 Å². The molecule has 0 fully saturated rings. The zero-order valence-corrected chi connectivity index (χ0v) is 6.09. The molecule has 0 aliphatic rings. The summed E-state index contributed by atoms with van der Waals surface area (Å²) in [6.45, 7) is 2.06.